The summed E-state index contributed by atoms with van der Waals surface area (Å²) in [4.78, 5) is 13.3. The first kappa shape index (κ1) is 10.5. The van der Waals surface area contributed by atoms with Crippen LogP contribution in [-0.4, -0.2) is 52.5 Å². The number of rotatable bonds is 2. The zero-order chi connectivity index (χ0) is 10.7. The fourth-order valence-electron chi connectivity index (χ4n) is 1.88. The highest BCUT2D eigenvalue weighted by molar-refractivity contribution is 4.89. The molecule has 0 N–H and O–H groups in total. The first-order valence-corrected chi connectivity index (χ1v) is 5.44. The molecule has 1 aromatic rings. The minimum Gasteiger partial charge on any atom is -0.301 e. The van der Waals surface area contributed by atoms with E-state index in [-0.39, 0.29) is 0 Å². The molecule has 0 saturated carbocycles. The Morgan fingerprint density at radius 1 is 1.33 bits per heavy atom. The van der Waals surface area contributed by atoms with Crippen LogP contribution in [0.2, 0.25) is 0 Å². The van der Waals surface area contributed by atoms with Crippen LogP contribution in [0.5, 0.6) is 0 Å². The largest absolute Gasteiger partial charge is 0.301 e. The molecule has 0 aromatic carbocycles. The summed E-state index contributed by atoms with van der Waals surface area (Å²) in [6.45, 7) is 6.48. The first-order chi connectivity index (χ1) is 7.25. The van der Waals surface area contributed by atoms with Crippen molar-refractivity contribution in [1.82, 2.24) is 19.8 Å². The summed E-state index contributed by atoms with van der Waals surface area (Å²) in [5.41, 5.74) is 0. The maximum absolute atomic E-state index is 4.25. The lowest BCUT2D eigenvalue weighted by Crippen LogP contribution is -2.49. The summed E-state index contributed by atoms with van der Waals surface area (Å²) in [6, 6.07) is 2.48. The predicted molar refractivity (Wildman–Crippen MR) is 59.4 cm³/mol. The average Bonchev–Trinajstić information content (AvgIpc) is 2.25. The lowest BCUT2D eigenvalue weighted by molar-refractivity contribution is 0.0980. The fourth-order valence-corrected chi connectivity index (χ4v) is 1.88. The van der Waals surface area contributed by atoms with E-state index in [2.05, 4.69) is 33.7 Å². The number of likely N-dealkylation sites (N-methyl/N-ethyl adjacent to an activating group) is 1. The van der Waals surface area contributed by atoms with Crippen molar-refractivity contribution in [2.75, 3.05) is 26.7 Å². The van der Waals surface area contributed by atoms with Gasteiger partial charge >= 0.3 is 0 Å². The van der Waals surface area contributed by atoms with Gasteiger partial charge in [-0.1, -0.05) is 0 Å². The number of hydrogen-bond acceptors (Lipinski definition) is 4. The standard InChI is InChI=1S/C11H18N4/c1-10-8-15(7-6-14(10)2)9-11-12-4-3-5-13-11/h3-5,10H,6-9H2,1-2H3/t10-/m0/s1. The van der Waals surface area contributed by atoms with Crippen LogP contribution in [-0.2, 0) is 6.54 Å². The Hall–Kier alpha value is -1.00. The summed E-state index contributed by atoms with van der Waals surface area (Å²) >= 11 is 0. The van der Waals surface area contributed by atoms with Crippen molar-refractivity contribution in [2.24, 2.45) is 0 Å². The van der Waals surface area contributed by atoms with Gasteiger partial charge in [-0.3, -0.25) is 4.90 Å². The molecule has 2 rings (SSSR count). The molecule has 4 nitrogen and oxygen atoms in total. The van der Waals surface area contributed by atoms with Crippen molar-refractivity contribution >= 4 is 0 Å². The molecule has 4 heteroatoms. The molecule has 82 valence electrons. The third-order valence-corrected chi connectivity index (χ3v) is 3.03. The third kappa shape index (κ3) is 2.73. The van der Waals surface area contributed by atoms with Crippen molar-refractivity contribution in [3.05, 3.63) is 24.3 Å². The second kappa shape index (κ2) is 4.68. The lowest BCUT2D eigenvalue weighted by atomic mass is 10.2. The number of nitrogens with zero attached hydrogens (tertiary/aromatic N) is 4. The van der Waals surface area contributed by atoms with Gasteiger partial charge in [-0.25, -0.2) is 9.97 Å². The summed E-state index contributed by atoms with van der Waals surface area (Å²) in [6.07, 6.45) is 3.61. The Kier molecular flexibility index (Phi) is 3.28. The minimum absolute atomic E-state index is 0.627. The number of aromatic nitrogens is 2. The van der Waals surface area contributed by atoms with Gasteiger partial charge in [-0.2, -0.15) is 0 Å². The van der Waals surface area contributed by atoms with E-state index in [0.717, 1.165) is 32.0 Å². The van der Waals surface area contributed by atoms with Gasteiger partial charge in [0, 0.05) is 38.1 Å². The lowest BCUT2D eigenvalue weighted by Gasteiger charge is -2.37. The second-order valence-electron chi connectivity index (χ2n) is 4.23. The van der Waals surface area contributed by atoms with Crippen molar-refractivity contribution in [3.8, 4) is 0 Å². The Morgan fingerprint density at radius 3 is 2.73 bits per heavy atom. The molecule has 0 unspecified atom stereocenters. The van der Waals surface area contributed by atoms with Crippen molar-refractivity contribution in [3.63, 3.8) is 0 Å². The van der Waals surface area contributed by atoms with E-state index in [1.807, 2.05) is 18.5 Å². The molecule has 0 aliphatic carbocycles. The van der Waals surface area contributed by atoms with E-state index >= 15 is 0 Å². The van der Waals surface area contributed by atoms with Crippen LogP contribution < -0.4 is 0 Å². The molecule has 1 aliphatic rings. The molecule has 1 atom stereocenters. The molecule has 1 saturated heterocycles. The third-order valence-electron chi connectivity index (χ3n) is 3.03. The molecule has 15 heavy (non-hydrogen) atoms. The topological polar surface area (TPSA) is 32.3 Å². The highest BCUT2D eigenvalue weighted by Crippen LogP contribution is 2.08. The summed E-state index contributed by atoms with van der Waals surface area (Å²) in [5.74, 6) is 0.925. The van der Waals surface area contributed by atoms with Crippen LogP contribution in [0.25, 0.3) is 0 Å². The van der Waals surface area contributed by atoms with E-state index in [1.54, 1.807) is 0 Å². The van der Waals surface area contributed by atoms with E-state index in [4.69, 9.17) is 0 Å². The van der Waals surface area contributed by atoms with Crippen LogP contribution in [0.3, 0.4) is 0 Å². The molecule has 1 aromatic heterocycles. The Labute approximate surface area is 90.9 Å². The van der Waals surface area contributed by atoms with Gasteiger partial charge < -0.3 is 4.90 Å². The highest BCUT2D eigenvalue weighted by atomic mass is 15.3. The second-order valence-corrected chi connectivity index (χ2v) is 4.23. The van der Waals surface area contributed by atoms with E-state index < -0.39 is 0 Å². The SMILES string of the molecule is C[C@H]1CN(Cc2ncccn2)CCN1C. The quantitative estimate of drug-likeness (QED) is 0.710. The monoisotopic (exact) mass is 206 g/mol. The van der Waals surface area contributed by atoms with Gasteiger partial charge in [-0.15, -0.1) is 0 Å². The van der Waals surface area contributed by atoms with Gasteiger partial charge in [-0.05, 0) is 20.0 Å². The van der Waals surface area contributed by atoms with Crippen molar-refractivity contribution in [2.45, 2.75) is 19.5 Å². The Balaban J connectivity index is 1.91. The smallest absolute Gasteiger partial charge is 0.142 e. The molecule has 0 amide bonds. The van der Waals surface area contributed by atoms with E-state index in [9.17, 15) is 0 Å². The van der Waals surface area contributed by atoms with Crippen LogP contribution in [0, 0.1) is 0 Å². The summed E-state index contributed by atoms with van der Waals surface area (Å²) in [5, 5.41) is 0. The van der Waals surface area contributed by atoms with E-state index in [0.29, 0.717) is 6.04 Å². The van der Waals surface area contributed by atoms with Crippen molar-refractivity contribution < 1.29 is 0 Å². The maximum Gasteiger partial charge on any atom is 0.142 e. The highest BCUT2D eigenvalue weighted by Gasteiger charge is 2.20. The van der Waals surface area contributed by atoms with Crippen LogP contribution in [0.15, 0.2) is 18.5 Å². The number of piperazine rings is 1. The normalized spacial score (nSPS) is 24.3. The average molecular weight is 206 g/mol. The molecular weight excluding hydrogens is 188 g/mol. The molecular formula is C11H18N4. The zero-order valence-corrected chi connectivity index (χ0v) is 9.43. The predicted octanol–water partition coefficient (Wildman–Crippen LogP) is 0.613. The molecule has 1 aliphatic heterocycles. The fraction of sp³-hybridized carbons (Fsp3) is 0.636. The minimum atomic E-state index is 0.627. The van der Waals surface area contributed by atoms with Crippen LogP contribution in [0.4, 0.5) is 0 Å². The molecule has 1 fully saturated rings. The van der Waals surface area contributed by atoms with Gasteiger partial charge in [0.05, 0.1) is 6.54 Å². The molecule has 0 bridgehead atoms. The van der Waals surface area contributed by atoms with Crippen molar-refractivity contribution in [1.29, 1.82) is 0 Å². The molecule has 0 radical (unpaired) electrons. The summed E-state index contributed by atoms with van der Waals surface area (Å²) in [7, 11) is 2.18. The van der Waals surface area contributed by atoms with Crippen LogP contribution >= 0.6 is 0 Å². The zero-order valence-electron chi connectivity index (χ0n) is 9.43. The van der Waals surface area contributed by atoms with E-state index in [1.165, 1.54) is 0 Å². The van der Waals surface area contributed by atoms with Gasteiger partial charge in [0.1, 0.15) is 5.82 Å². The van der Waals surface area contributed by atoms with Gasteiger partial charge in [0.15, 0.2) is 0 Å². The molecule has 2 heterocycles. The first-order valence-electron chi connectivity index (χ1n) is 5.44. The molecule has 0 spiro atoms. The Morgan fingerprint density at radius 2 is 2.07 bits per heavy atom. The van der Waals surface area contributed by atoms with Crippen LogP contribution in [0.1, 0.15) is 12.7 Å². The van der Waals surface area contributed by atoms with Gasteiger partial charge in [0.25, 0.3) is 0 Å². The number of hydrogen-bond donors (Lipinski definition) is 0. The maximum atomic E-state index is 4.25. The summed E-state index contributed by atoms with van der Waals surface area (Å²) < 4.78 is 0. The Bertz CT molecular complexity index is 301. The van der Waals surface area contributed by atoms with Gasteiger partial charge in [0.2, 0.25) is 0 Å².